The molecule has 108 valence electrons. The first-order valence-corrected chi connectivity index (χ1v) is 6.29. The monoisotopic (exact) mass is 287 g/mol. The minimum Gasteiger partial charge on any atom is -0.361 e. The largest absolute Gasteiger partial charge is 0.361 e. The Labute approximate surface area is 121 Å². The SMILES string of the molecule is Cc1cc(CNC(=O)c2cc(C#CCN)ccc2F)no1. The number of hydrogen-bond acceptors (Lipinski definition) is 4. The lowest BCUT2D eigenvalue weighted by atomic mass is 10.1. The molecule has 2 aromatic rings. The van der Waals surface area contributed by atoms with Gasteiger partial charge in [-0.3, -0.25) is 4.79 Å². The van der Waals surface area contributed by atoms with Crippen LogP contribution in [0, 0.1) is 24.6 Å². The number of carbonyl (C=O) groups excluding carboxylic acids is 1. The summed E-state index contributed by atoms with van der Waals surface area (Å²) < 4.78 is 18.6. The van der Waals surface area contributed by atoms with Crippen molar-refractivity contribution in [2.24, 2.45) is 5.73 Å². The summed E-state index contributed by atoms with van der Waals surface area (Å²) in [7, 11) is 0. The van der Waals surface area contributed by atoms with E-state index in [0.29, 0.717) is 17.0 Å². The quantitative estimate of drug-likeness (QED) is 0.835. The van der Waals surface area contributed by atoms with Crippen molar-refractivity contribution in [2.75, 3.05) is 6.54 Å². The Balaban J connectivity index is 2.10. The normalized spacial score (nSPS) is 9.86. The van der Waals surface area contributed by atoms with Gasteiger partial charge in [-0.1, -0.05) is 17.0 Å². The van der Waals surface area contributed by atoms with E-state index < -0.39 is 11.7 Å². The molecule has 0 bridgehead atoms. The number of halogens is 1. The number of aromatic nitrogens is 1. The van der Waals surface area contributed by atoms with Gasteiger partial charge in [0, 0.05) is 11.6 Å². The molecule has 3 N–H and O–H groups in total. The van der Waals surface area contributed by atoms with Crippen LogP contribution in [0.15, 0.2) is 28.8 Å². The van der Waals surface area contributed by atoms with Gasteiger partial charge in [-0.05, 0) is 25.1 Å². The Morgan fingerprint density at radius 1 is 1.48 bits per heavy atom. The van der Waals surface area contributed by atoms with E-state index in [-0.39, 0.29) is 18.7 Å². The molecule has 0 atom stereocenters. The lowest BCUT2D eigenvalue weighted by molar-refractivity contribution is 0.0946. The average Bonchev–Trinajstić information content (AvgIpc) is 2.89. The Morgan fingerprint density at radius 3 is 2.95 bits per heavy atom. The van der Waals surface area contributed by atoms with Crippen LogP contribution >= 0.6 is 0 Å². The van der Waals surface area contributed by atoms with Crippen LogP contribution in [0.4, 0.5) is 4.39 Å². The number of aryl methyl sites for hydroxylation is 1. The molecule has 0 unspecified atom stereocenters. The first-order valence-electron chi connectivity index (χ1n) is 6.29. The second kappa shape index (κ2) is 6.68. The fourth-order valence-corrected chi connectivity index (χ4v) is 1.70. The molecule has 1 heterocycles. The molecule has 1 amide bonds. The molecule has 6 heteroatoms. The second-order valence-electron chi connectivity index (χ2n) is 4.31. The summed E-state index contributed by atoms with van der Waals surface area (Å²) in [6.07, 6.45) is 0. The van der Waals surface area contributed by atoms with Gasteiger partial charge in [-0.25, -0.2) is 4.39 Å². The Hall–Kier alpha value is -2.65. The zero-order valence-corrected chi connectivity index (χ0v) is 11.4. The maximum Gasteiger partial charge on any atom is 0.254 e. The van der Waals surface area contributed by atoms with Crippen LogP contribution in [0.1, 0.15) is 27.4 Å². The molecule has 0 radical (unpaired) electrons. The molecule has 5 nitrogen and oxygen atoms in total. The summed E-state index contributed by atoms with van der Waals surface area (Å²) in [5.74, 6) is 4.90. The van der Waals surface area contributed by atoms with E-state index in [1.54, 1.807) is 13.0 Å². The van der Waals surface area contributed by atoms with Gasteiger partial charge in [-0.15, -0.1) is 0 Å². The number of nitrogens with one attached hydrogen (secondary N) is 1. The van der Waals surface area contributed by atoms with Gasteiger partial charge < -0.3 is 15.6 Å². The summed E-state index contributed by atoms with van der Waals surface area (Å²) in [6.45, 7) is 2.11. The van der Waals surface area contributed by atoms with Crippen LogP contribution in [0.2, 0.25) is 0 Å². The number of carbonyl (C=O) groups is 1. The number of nitrogens with zero attached hydrogens (tertiary/aromatic N) is 1. The van der Waals surface area contributed by atoms with Gasteiger partial charge in [0.15, 0.2) is 0 Å². The summed E-state index contributed by atoms with van der Waals surface area (Å²) in [6, 6.07) is 5.78. The zero-order valence-electron chi connectivity index (χ0n) is 11.4. The summed E-state index contributed by atoms with van der Waals surface area (Å²) in [4.78, 5) is 12.0. The van der Waals surface area contributed by atoms with Crippen LogP contribution < -0.4 is 11.1 Å². The molecular weight excluding hydrogens is 273 g/mol. The molecule has 0 aliphatic carbocycles. The molecule has 0 spiro atoms. The third-order valence-corrected chi connectivity index (χ3v) is 2.65. The molecular formula is C15H14FN3O2. The van der Waals surface area contributed by atoms with Gasteiger partial charge in [0.05, 0.1) is 18.7 Å². The lowest BCUT2D eigenvalue weighted by Crippen LogP contribution is -2.24. The average molecular weight is 287 g/mol. The summed E-state index contributed by atoms with van der Waals surface area (Å²) >= 11 is 0. The van der Waals surface area contributed by atoms with E-state index in [2.05, 4.69) is 22.3 Å². The molecule has 1 aromatic heterocycles. The maximum absolute atomic E-state index is 13.7. The first-order chi connectivity index (χ1) is 10.1. The van der Waals surface area contributed by atoms with Crippen molar-refractivity contribution in [3.05, 3.63) is 52.7 Å². The Kier molecular flexibility index (Phi) is 4.69. The molecule has 1 aromatic carbocycles. The fraction of sp³-hybridized carbons (Fsp3) is 0.200. The third-order valence-electron chi connectivity index (χ3n) is 2.65. The minimum absolute atomic E-state index is 0.0703. The number of hydrogen-bond donors (Lipinski definition) is 2. The van der Waals surface area contributed by atoms with Crippen molar-refractivity contribution in [2.45, 2.75) is 13.5 Å². The van der Waals surface area contributed by atoms with Crippen LogP contribution in [-0.4, -0.2) is 17.6 Å². The molecule has 0 aliphatic heterocycles. The Bertz CT molecular complexity index is 713. The van der Waals surface area contributed by atoms with E-state index in [1.807, 2.05) is 0 Å². The molecule has 0 fully saturated rings. The van der Waals surface area contributed by atoms with Crippen LogP contribution in [0.5, 0.6) is 0 Å². The van der Waals surface area contributed by atoms with Crippen molar-refractivity contribution in [3.8, 4) is 11.8 Å². The number of amides is 1. The van der Waals surface area contributed by atoms with E-state index in [9.17, 15) is 9.18 Å². The predicted molar refractivity (Wildman–Crippen MR) is 74.7 cm³/mol. The molecule has 21 heavy (non-hydrogen) atoms. The van der Waals surface area contributed by atoms with Crippen LogP contribution in [-0.2, 0) is 6.54 Å². The number of rotatable bonds is 3. The highest BCUT2D eigenvalue weighted by Gasteiger charge is 2.12. The smallest absolute Gasteiger partial charge is 0.254 e. The first kappa shape index (κ1) is 14.8. The third kappa shape index (κ3) is 3.91. The van der Waals surface area contributed by atoms with E-state index in [1.165, 1.54) is 18.2 Å². The molecule has 0 aliphatic rings. The number of benzene rings is 1. The predicted octanol–water partition coefficient (Wildman–Crippen LogP) is 1.36. The van der Waals surface area contributed by atoms with E-state index >= 15 is 0 Å². The molecule has 0 saturated heterocycles. The summed E-state index contributed by atoms with van der Waals surface area (Å²) in [5.41, 5.74) is 6.31. The molecule has 2 rings (SSSR count). The Morgan fingerprint density at radius 2 is 2.29 bits per heavy atom. The highest BCUT2D eigenvalue weighted by atomic mass is 19.1. The second-order valence-corrected chi connectivity index (χ2v) is 4.31. The molecule has 0 saturated carbocycles. The fourth-order valence-electron chi connectivity index (χ4n) is 1.70. The lowest BCUT2D eigenvalue weighted by Gasteiger charge is -2.05. The van der Waals surface area contributed by atoms with Crippen LogP contribution in [0.3, 0.4) is 0 Å². The van der Waals surface area contributed by atoms with Gasteiger partial charge in [-0.2, -0.15) is 0 Å². The van der Waals surface area contributed by atoms with Gasteiger partial charge >= 0.3 is 0 Å². The maximum atomic E-state index is 13.7. The standard InChI is InChI=1S/C15H14FN3O2/c1-10-7-12(19-21-10)9-18-15(20)13-8-11(3-2-6-17)4-5-14(13)16/h4-5,7-8H,6,9,17H2,1H3,(H,18,20). The van der Waals surface area contributed by atoms with Gasteiger partial charge in [0.1, 0.15) is 17.3 Å². The van der Waals surface area contributed by atoms with Gasteiger partial charge in [0.25, 0.3) is 5.91 Å². The number of nitrogens with two attached hydrogens (primary N) is 1. The van der Waals surface area contributed by atoms with Crippen molar-refractivity contribution in [3.63, 3.8) is 0 Å². The van der Waals surface area contributed by atoms with E-state index in [0.717, 1.165) is 0 Å². The minimum atomic E-state index is -0.609. The summed E-state index contributed by atoms with van der Waals surface area (Å²) in [5, 5.41) is 6.32. The van der Waals surface area contributed by atoms with E-state index in [4.69, 9.17) is 10.3 Å². The van der Waals surface area contributed by atoms with Crippen molar-refractivity contribution in [1.82, 2.24) is 10.5 Å². The zero-order chi connectivity index (χ0) is 15.2. The highest BCUT2D eigenvalue weighted by Crippen LogP contribution is 2.10. The topological polar surface area (TPSA) is 81.2 Å². The van der Waals surface area contributed by atoms with Crippen molar-refractivity contribution >= 4 is 5.91 Å². The van der Waals surface area contributed by atoms with Crippen LogP contribution in [0.25, 0.3) is 0 Å². The van der Waals surface area contributed by atoms with Gasteiger partial charge in [0.2, 0.25) is 0 Å². The highest BCUT2D eigenvalue weighted by molar-refractivity contribution is 5.94. The van der Waals surface area contributed by atoms with Crippen molar-refractivity contribution < 1.29 is 13.7 Å². The van der Waals surface area contributed by atoms with Crippen molar-refractivity contribution in [1.29, 1.82) is 0 Å².